The number of halogens is 2. The Morgan fingerprint density at radius 2 is 2.25 bits per heavy atom. The minimum absolute atomic E-state index is 0.0677. The number of carboxylic acids is 1. The van der Waals surface area contributed by atoms with Gasteiger partial charge in [-0.05, 0) is 18.9 Å². The van der Waals surface area contributed by atoms with Crippen LogP contribution in [0.5, 0.6) is 0 Å². The third-order valence-electron chi connectivity index (χ3n) is 2.80. The average Bonchev–Trinajstić information content (AvgIpc) is 2.71. The van der Waals surface area contributed by atoms with E-state index in [0.29, 0.717) is 18.4 Å². The molecule has 0 bridgehead atoms. The third-order valence-corrected chi connectivity index (χ3v) is 3.09. The predicted molar refractivity (Wildman–Crippen MR) is 57.9 cm³/mol. The molecule has 0 amide bonds. The van der Waals surface area contributed by atoms with Gasteiger partial charge >= 0.3 is 5.97 Å². The van der Waals surface area contributed by atoms with Crippen LogP contribution >= 0.6 is 11.6 Å². The molecule has 1 heterocycles. The van der Waals surface area contributed by atoms with E-state index in [0.717, 1.165) is 0 Å². The standard InChI is InChI=1S/C11H11ClFNO2/c12-7-3-1-2-6(10(7)13)8-4-5-9(14-8)11(15)16/h1-3,8-9,14H,4-5H2,(H,15,16). The van der Waals surface area contributed by atoms with Crippen LogP contribution in [0, 0.1) is 5.82 Å². The molecule has 1 saturated heterocycles. The fourth-order valence-electron chi connectivity index (χ4n) is 1.97. The van der Waals surface area contributed by atoms with E-state index in [1.165, 1.54) is 6.07 Å². The van der Waals surface area contributed by atoms with Gasteiger partial charge in [0.2, 0.25) is 0 Å². The van der Waals surface area contributed by atoms with Gasteiger partial charge in [0.05, 0.1) is 5.02 Å². The lowest BCUT2D eigenvalue weighted by Gasteiger charge is -2.13. The van der Waals surface area contributed by atoms with Crippen LogP contribution in [0.2, 0.25) is 5.02 Å². The van der Waals surface area contributed by atoms with Crippen LogP contribution in [0.1, 0.15) is 24.4 Å². The van der Waals surface area contributed by atoms with Gasteiger partial charge in [-0.3, -0.25) is 10.1 Å². The zero-order valence-corrected chi connectivity index (χ0v) is 9.17. The molecule has 1 aromatic rings. The molecule has 2 atom stereocenters. The minimum atomic E-state index is -0.898. The van der Waals surface area contributed by atoms with Crippen LogP contribution in [-0.4, -0.2) is 17.1 Å². The Balaban J connectivity index is 2.21. The van der Waals surface area contributed by atoms with Gasteiger partial charge < -0.3 is 5.11 Å². The Bertz CT molecular complexity index is 424. The fraction of sp³-hybridized carbons (Fsp3) is 0.364. The quantitative estimate of drug-likeness (QED) is 0.838. The Morgan fingerprint density at radius 1 is 1.50 bits per heavy atom. The van der Waals surface area contributed by atoms with E-state index >= 15 is 0 Å². The first-order valence-electron chi connectivity index (χ1n) is 5.02. The maximum Gasteiger partial charge on any atom is 0.320 e. The molecule has 86 valence electrons. The van der Waals surface area contributed by atoms with Crippen LogP contribution < -0.4 is 5.32 Å². The molecule has 2 rings (SSSR count). The van der Waals surface area contributed by atoms with Crippen molar-refractivity contribution in [2.75, 3.05) is 0 Å². The van der Waals surface area contributed by atoms with Gasteiger partial charge in [0.25, 0.3) is 0 Å². The van der Waals surface area contributed by atoms with Crippen molar-refractivity contribution in [1.29, 1.82) is 0 Å². The van der Waals surface area contributed by atoms with E-state index in [1.54, 1.807) is 12.1 Å². The maximum absolute atomic E-state index is 13.7. The lowest BCUT2D eigenvalue weighted by Crippen LogP contribution is -2.32. The first-order chi connectivity index (χ1) is 7.59. The number of hydrogen-bond acceptors (Lipinski definition) is 2. The number of rotatable bonds is 2. The van der Waals surface area contributed by atoms with E-state index in [4.69, 9.17) is 16.7 Å². The van der Waals surface area contributed by atoms with Gasteiger partial charge in [0.1, 0.15) is 11.9 Å². The van der Waals surface area contributed by atoms with Crippen LogP contribution in [-0.2, 0) is 4.79 Å². The summed E-state index contributed by atoms with van der Waals surface area (Å²) in [6.45, 7) is 0. The molecule has 0 radical (unpaired) electrons. The van der Waals surface area contributed by atoms with Gasteiger partial charge in [-0.2, -0.15) is 0 Å². The van der Waals surface area contributed by atoms with Gasteiger partial charge in [-0.15, -0.1) is 0 Å². The SMILES string of the molecule is O=C(O)C1CCC(c2cccc(Cl)c2F)N1. The van der Waals surface area contributed by atoms with Crippen LogP contribution in [0.4, 0.5) is 4.39 Å². The Morgan fingerprint density at radius 3 is 2.88 bits per heavy atom. The molecule has 0 aliphatic carbocycles. The highest BCUT2D eigenvalue weighted by atomic mass is 35.5. The van der Waals surface area contributed by atoms with Gasteiger partial charge in [-0.1, -0.05) is 23.7 Å². The molecule has 1 aromatic carbocycles. The van der Waals surface area contributed by atoms with Crippen molar-refractivity contribution in [3.63, 3.8) is 0 Å². The number of benzene rings is 1. The Hall–Kier alpha value is -1.13. The topological polar surface area (TPSA) is 49.3 Å². The highest BCUT2D eigenvalue weighted by Gasteiger charge is 2.31. The molecule has 1 aliphatic rings. The maximum atomic E-state index is 13.7. The van der Waals surface area contributed by atoms with Crippen molar-refractivity contribution in [2.24, 2.45) is 0 Å². The zero-order valence-electron chi connectivity index (χ0n) is 8.41. The summed E-state index contributed by atoms with van der Waals surface area (Å²) in [6.07, 6.45) is 1.11. The molecular weight excluding hydrogens is 233 g/mol. The molecule has 2 unspecified atom stereocenters. The summed E-state index contributed by atoms with van der Waals surface area (Å²) in [5.41, 5.74) is 0.441. The fourth-order valence-corrected chi connectivity index (χ4v) is 2.15. The van der Waals surface area contributed by atoms with Gasteiger partial charge in [0.15, 0.2) is 0 Å². The summed E-state index contributed by atoms with van der Waals surface area (Å²) in [4.78, 5) is 10.7. The Kier molecular flexibility index (Phi) is 3.12. The number of carbonyl (C=O) groups is 1. The van der Waals surface area contributed by atoms with E-state index in [2.05, 4.69) is 5.32 Å². The number of aliphatic carboxylic acids is 1. The summed E-state index contributed by atoms with van der Waals surface area (Å²) in [6, 6.07) is 3.91. The number of carboxylic acid groups (broad SMARTS) is 1. The largest absolute Gasteiger partial charge is 0.480 e. The lowest BCUT2D eigenvalue weighted by atomic mass is 10.0. The van der Waals surface area contributed by atoms with Crippen molar-refractivity contribution >= 4 is 17.6 Å². The monoisotopic (exact) mass is 243 g/mol. The molecule has 2 N–H and O–H groups in total. The van der Waals surface area contributed by atoms with Crippen LogP contribution in [0.25, 0.3) is 0 Å². The molecule has 0 aromatic heterocycles. The van der Waals surface area contributed by atoms with Crippen molar-refractivity contribution in [2.45, 2.75) is 24.9 Å². The number of hydrogen-bond donors (Lipinski definition) is 2. The van der Waals surface area contributed by atoms with Crippen molar-refractivity contribution in [1.82, 2.24) is 5.32 Å². The summed E-state index contributed by atoms with van der Waals surface area (Å²) in [5.74, 6) is -1.36. The molecule has 1 fully saturated rings. The highest BCUT2D eigenvalue weighted by molar-refractivity contribution is 6.30. The molecular formula is C11H11ClFNO2. The van der Waals surface area contributed by atoms with E-state index in [-0.39, 0.29) is 11.1 Å². The van der Waals surface area contributed by atoms with Crippen LogP contribution in [0.15, 0.2) is 18.2 Å². The summed E-state index contributed by atoms with van der Waals surface area (Å²) in [5, 5.41) is 11.8. The van der Waals surface area contributed by atoms with E-state index in [1.807, 2.05) is 0 Å². The Labute approximate surface area is 97.2 Å². The minimum Gasteiger partial charge on any atom is -0.480 e. The lowest BCUT2D eigenvalue weighted by molar-refractivity contribution is -0.139. The first kappa shape index (κ1) is 11.4. The second kappa shape index (κ2) is 4.39. The molecule has 0 spiro atoms. The second-order valence-electron chi connectivity index (χ2n) is 3.83. The smallest absolute Gasteiger partial charge is 0.320 e. The summed E-state index contributed by atoms with van der Waals surface area (Å²) >= 11 is 5.67. The summed E-state index contributed by atoms with van der Waals surface area (Å²) < 4.78 is 13.7. The van der Waals surface area contributed by atoms with Crippen LogP contribution in [0.3, 0.4) is 0 Å². The molecule has 1 aliphatic heterocycles. The second-order valence-corrected chi connectivity index (χ2v) is 4.24. The number of nitrogens with one attached hydrogen (secondary N) is 1. The molecule has 16 heavy (non-hydrogen) atoms. The van der Waals surface area contributed by atoms with Crippen molar-refractivity contribution in [3.8, 4) is 0 Å². The highest BCUT2D eigenvalue weighted by Crippen LogP contribution is 2.30. The predicted octanol–water partition coefficient (Wildman–Crippen LogP) is 2.36. The normalized spacial score (nSPS) is 24.6. The molecule has 0 saturated carbocycles. The van der Waals surface area contributed by atoms with Crippen molar-refractivity contribution < 1.29 is 14.3 Å². The van der Waals surface area contributed by atoms with Gasteiger partial charge in [0, 0.05) is 11.6 Å². The third kappa shape index (κ3) is 2.03. The van der Waals surface area contributed by atoms with Crippen molar-refractivity contribution in [3.05, 3.63) is 34.6 Å². The van der Waals surface area contributed by atoms with E-state index < -0.39 is 17.8 Å². The first-order valence-corrected chi connectivity index (χ1v) is 5.40. The average molecular weight is 244 g/mol. The summed E-state index contributed by atoms with van der Waals surface area (Å²) in [7, 11) is 0. The molecule has 5 heteroatoms. The van der Waals surface area contributed by atoms with Gasteiger partial charge in [-0.25, -0.2) is 4.39 Å². The van der Waals surface area contributed by atoms with E-state index in [9.17, 15) is 9.18 Å². The zero-order chi connectivity index (χ0) is 11.7. The molecule has 3 nitrogen and oxygen atoms in total.